The van der Waals surface area contributed by atoms with Crippen molar-refractivity contribution in [1.29, 1.82) is 0 Å². The number of carbonyl (C=O) groups is 1. The molecule has 1 atom stereocenters. The molecule has 1 aliphatic heterocycles. The number of hydrogen-bond acceptors (Lipinski definition) is 3. The molecule has 6 nitrogen and oxygen atoms in total. The lowest BCUT2D eigenvalue weighted by atomic mass is 9.99. The van der Waals surface area contributed by atoms with E-state index in [1.807, 2.05) is 54.5 Å². The zero-order chi connectivity index (χ0) is 17.9. The summed E-state index contributed by atoms with van der Waals surface area (Å²) in [5.74, 6) is 0.747. The van der Waals surface area contributed by atoms with E-state index in [1.54, 1.807) is 11.0 Å². The Balaban J connectivity index is 1.50. The second kappa shape index (κ2) is 7.15. The molecule has 0 bridgehead atoms. The highest BCUT2D eigenvalue weighted by Crippen LogP contribution is 2.31. The predicted octanol–water partition coefficient (Wildman–Crippen LogP) is 3.04. The van der Waals surface area contributed by atoms with Crippen molar-refractivity contribution >= 4 is 5.91 Å². The predicted molar refractivity (Wildman–Crippen MR) is 99.2 cm³/mol. The van der Waals surface area contributed by atoms with E-state index in [0.29, 0.717) is 5.82 Å². The van der Waals surface area contributed by atoms with Gasteiger partial charge in [0.25, 0.3) is 0 Å². The Bertz CT molecular complexity index is 883. The molecule has 0 spiro atoms. The summed E-state index contributed by atoms with van der Waals surface area (Å²) in [5, 5.41) is 4.47. The van der Waals surface area contributed by atoms with Crippen LogP contribution in [0.15, 0.2) is 55.0 Å². The van der Waals surface area contributed by atoms with Gasteiger partial charge < -0.3 is 9.47 Å². The van der Waals surface area contributed by atoms with Gasteiger partial charge in [0.2, 0.25) is 5.91 Å². The molecule has 0 saturated carbocycles. The van der Waals surface area contributed by atoms with E-state index in [2.05, 4.69) is 20.7 Å². The maximum atomic E-state index is 13.0. The van der Waals surface area contributed by atoms with Gasteiger partial charge in [-0.1, -0.05) is 30.3 Å². The molecule has 1 saturated heterocycles. The van der Waals surface area contributed by atoms with Crippen LogP contribution in [0, 0.1) is 0 Å². The SMILES string of the molecule is Cn1cccc1C1CCCCN1C(=O)Cn1cnc(-c2ccccc2)n1. The maximum absolute atomic E-state index is 13.0. The van der Waals surface area contributed by atoms with Crippen LogP contribution in [-0.4, -0.2) is 36.7 Å². The molecular weight excluding hydrogens is 326 g/mol. The van der Waals surface area contributed by atoms with Gasteiger partial charge >= 0.3 is 0 Å². The first-order chi connectivity index (χ1) is 12.7. The van der Waals surface area contributed by atoms with Crippen LogP contribution < -0.4 is 0 Å². The summed E-state index contributed by atoms with van der Waals surface area (Å²) in [6.07, 6.45) is 6.90. The standard InChI is InChI=1S/C20H23N5O/c1-23-12-7-11-17(23)18-10-5-6-13-25(18)19(26)14-24-15-21-20(22-24)16-8-3-2-4-9-16/h2-4,7-9,11-12,15,18H,5-6,10,13-14H2,1H3. The molecule has 4 rings (SSSR count). The molecule has 6 heteroatoms. The highest BCUT2D eigenvalue weighted by molar-refractivity contribution is 5.76. The molecule has 0 radical (unpaired) electrons. The minimum atomic E-state index is 0.0976. The summed E-state index contributed by atoms with van der Waals surface area (Å²) >= 11 is 0. The third-order valence-corrected chi connectivity index (χ3v) is 5.01. The minimum Gasteiger partial charge on any atom is -0.353 e. The number of hydrogen-bond donors (Lipinski definition) is 0. The molecular formula is C20H23N5O. The third-order valence-electron chi connectivity index (χ3n) is 5.01. The molecule has 1 fully saturated rings. The van der Waals surface area contributed by atoms with Crippen molar-refractivity contribution in [1.82, 2.24) is 24.2 Å². The zero-order valence-corrected chi connectivity index (χ0v) is 15.0. The Hall–Kier alpha value is -2.89. The molecule has 1 amide bonds. The number of nitrogens with zero attached hydrogens (tertiary/aromatic N) is 5. The second-order valence-electron chi connectivity index (χ2n) is 6.77. The van der Waals surface area contributed by atoms with Gasteiger partial charge in [-0.25, -0.2) is 9.67 Å². The first kappa shape index (κ1) is 16.6. The summed E-state index contributed by atoms with van der Waals surface area (Å²) in [6.45, 7) is 1.02. The van der Waals surface area contributed by atoms with E-state index in [9.17, 15) is 4.79 Å². The maximum Gasteiger partial charge on any atom is 0.244 e. The second-order valence-corrected chi connectivity index (χ2v) is 6.77. The number of carbonyl (C=O) groups excluding carboxylic acids is 1. The topological polar surface area (TPSA) is 56.0 Å². The smallest absolute Gasteiger partial charge is 0.244 e. The number of aryl methyl sites for hydroxylation is 1. The van der Waals surface area contributed by atoms with E-state index in [4.69, 9.17) is 0 Å². The van der Waals surface area contributed by atoms with Crippen LogP contribution in [0.2, 0.25) is 0 Å². The first-order valence-electron chi connectivity index (χ1n) is 9.08. The van der Waals surface area contributed by atoms with E-state index in [-0.39, 0.29) is 18.5 Å². The van der Waals surface area contributed by atoms with Gasteiger partial charge in [-0.15, -0.1) is 0 Å². The van der Waals surface area contributed by atoms with Crippen molar-refractivity contribution in [3.63, 3.8) is 0 Å². The fourth-order valence-corrected chi connectivity index (χ4v) is 3.68. The Labute approximate surface area is 153 Å². The highest BCUT2D eigenvalue weighted by atomic mass is 16.2. The van der Waals surface area contributed by atoms with Gasteiger partial charge in [0.05, 0.1) is 6.04 Å². The molecule has 2 aromatic heterocycles. The molecule has 3 heterocycles. The Morgan fingerprint density at radius 1 is 1.15 bits per heavy atom. The van der Waals surface area contributed by atoms with Crippen molar-refractivity contribution in [2.75, 3.05) is 6.54 Å². The lowest BCUT2D eigenvalue weighted by Crippen LogP contribution is -2.41. The fraction of sp³-hybridized carbons (Fsp3) is 0.350. The van der Waals surface area contributed by atoms with Gasteiger partial charge in [0, 0.05) is 31.0 Å². The van der Waals surface area contributed by atoms with Crippen LogP contribution in [0.5, 0.6) is 0 Å². The van der Waals surface area contributed by atoms with E-state index >= 15 is 0 Å². The van der Waals surface area contributed by atoms with E-state index < -0.39 is 0 Å². The first-order valence-corrected chi connectivity index (χ1v) is 9.08. The van der Waals surface area contributed by atoms with Crippen LogP contribution in [0.4, 0.5) is 0 Å². The Morgan fingerprint density at radius 3 is 2.77 bits per heavy atom. The average molecular weight is 349 g/mol. The normalized spacial score (nSPS) is 17.4. The molecule has 1 aliphatic rings. The van der Waals surface area contributed by atoms with Crippen LogP contribution in [0.3, 0.4) is 0 Å². The van der Waals surface area contributed by atoms with Crippen LogP contribution in [-0.2, 0) is 18.4 Å². The van der Waals surface area contributed by atoms with E-state index in [0.717, 1.165) is 31.4 Å². The van der Waals surface area contributed by atoms with Crippen molar-refractivity contribution < 1.29 is 4.79 Å². The van der Waals surface area contributed by atoms with Crippen molar-refractivity contribution in [3.05, 3.63) is 60.7 Å². The molecule has 3 aromatic rings. The van der Waals surface area contributed by atoms with Gasteiger partial charge in [0.15, 0.2) is 5.82 Å². The number of amides is 1. The number of aromatic nitrogens is 4. The molecule has 26 heavy (non-hydrogen) atoms. The minimum absolute atomic E-state index is 0.0976. The summed E-state index contributed by atoms with van der Waals surface area (Å²) < 4.78 is 3.75. The van der Waals surface area contributed by atoms with Crippen molar-refractivity contribution in [2.45, 2.75) is 31.8 Å². The monoisotopic (exact) mass is 349 g/mol. The molecule has 0 aliphatic carbocycles. The Kier molecular flexibility index (Phi) is 4.56. The quantitative estimate of drug-likeness (QED) is 0.727. The largest absolute Gasteiger partial charge is 0.353 e. The summed E-state index contributed by atoms with van der Waals surface area (Å²) in [5.41, 5.74) is 2.15. The Morgan fingerprint density at radius 2 is 2.00 bits per heavy atom. The number of piperidine rings is 1. The van der Waals surface area contributed by atoms with Gasteiger partial charge in [-0.2, -0.15) is 5.10 Å². The zero-order valence-electron chi connectivity index (χ0n) is 15.0. The lowest BCUT2D eigenvalue weighted by molar-refractivity contribution is -0.136. The van der Waals surface area contributed by atoms with Crippen molar-refractivity contribution in [2.24, 2.45) is 7.05 Å². The molecule has 1 unspecified atom stereocenters. The van der Waals surface area contributed by atoms with Crippen LogP contribution in [0.1, 0.15) is 31.0 Å². The van der Waals surface area contributed by atoms with Crippen molar-refractivity contribution in [3.8, 4) is 11.4 Å². The van der Waals surface area contributed by atoms with Crippen LogP contribution in [0.25, 0.3) is 11.4 Å². The summed E-state index contributed by atoms with van der Waals surface area (Å²) in [7, 11) is 2.04. The number of benzene rings is 1. The highest BCUT2D eigenvalue weighted by Gasteiger charge is 2.29. The van der Waals surface area contributed by atoms with E-state index in [1.165, 1.54) is 5.69 Å². The summed E-state index contributed by atoms with van der Waals surface area (Å²) in [6, 6.07) is 14.1. The van der Waals surface area contributed by atoms with Gasteiger partial charge in [-0.05, 0) is 31.4 Å². The fourth-order valence-electron chi connectivity index (χ4n) is 3.68. The van der Waals surface area contributed by atoms with Crippen LogP contribution >= 0.6 is 0 Å². The van der Waals surface area contributed by atoms with Gasteiger partial charge in [-0.3, -0.25) is 4.79 Å². The molecule has 1 aromatic carbocycles. The number of likely N-dealkylation sites (tertiary alicyclic amines) is 1. The van der Waals surface area contributed by atoms with Gasteiger partial charge in [0.1, 0.15) is 12.9 Å². The summed E-state index contributed by atoms with van der Waals surface area (Å²) in [4.78, 5) is 19.3. The third kappa shape index (κ3) is 3.27. The average Bonchev–Trinajstić information content (AvgIpc) is 3.31. The molecule has 134 valence electrons. The lowest BCUT2D eigenvalue weighted by Gasteiger charge is -2.36. The molecule has 0 N–H and O–H groups in total. The number of rotatable bonds is 4.